The van der Waals surface area contributed by atoms with Crippen LogP contribution < -0.4 is 5.73 Å². The fourth-order valence-corrected chi connectivity index (χ4v) is 3.71. The predicted molar refractivity (Wildman–Crippen MR) is 80.5 cm³/mol. The van der Waals surface area contributed by atoms with Crippen LogP contribution in [0.4, 0.5) is 10.1 Å². The summed E-state index contributed by atoms with van der Waals surface area (Å²) in [6.45, 7) is 2.58. The van der Waals surface area contributed by atoms with Gasteiger partial charge in [-0.25, -0.2) is 4.39 Å². The molecular formula is C16H22FN3O. The van der Waals surface area contributed by atoms with Gasteiger partial charge in [-0.15, -0.1) is 0 Å². The quantitative estimate of drug-likeness (QED) is 0.805. The van der Waals surface area contributed by atoms with Gasteiger partial charge in [0, 0.05) is 24.8 Å². The number of anilines is 1. The summed E-state index contributed by atoms with van der Waals surface area (Å²) < 4.78 is 13.9. The van der Waals surface area contributed by atoms with E-state index in [0.717, 1.165) is 25.9 Å². The first-order chi connectivity index (χ1) is 10.1. The topological polar surface area (TPSA) is 49.6 Å². The fourth-order valence-electron chi connectivity index (χ4n) is 3.71. The van der Waals surface area contributed by atoms with Crippen molar-refractivity contribution in [2.75, 3.05) is 32.4 Å². The Morgan fingerprint density at radius 3 is 2.90 bits per heavy atom. The van der Waals surface area contributed by atoms with Crippen LogP contribution in [0.3, 0.4) is 0 Å². The third-order valence-electron chi connectivity index (χ3n) is 4.86. The Hall–Kier alpha value is -1.62. The zero-order valence-electron chi connectivity index (χ0n) is 12.4. The lowest BCUT2D eigenvalue weighted by molar-refractivity contribution is 0.0314. The van der Waals surface area contributed by atoms with E-state index >= 15 is 0 Å². The Morgan fingerprint density at radius 2 is 2.14 bits per heavy atom. The van der Waals surface area contributed by atoms with E-state index in [1.165, 1.54) is 18.6 Å². The minimum absolute atomic E-state index is 0.131. The first-order valence-corrected chi connectivity index (χ1v) is 7.61. The number of hydrogen-bond donors (Lipinski definition) is 1. The standard InChI is InChI=1S/C16H22FN3O/c1-19-7-2-3-11-10-20(8-6-15(11)19)16(21)13-5-4-12(18)9-14(13)17/h4-5,9,11,15H,2-3,6-8,10,18H2,1H3. The molecule has 2 N–H and O–H groups in total. The maximum Gasteiger partial charge on any atom is 0.256 e. The molecule has 2 atom stereocenters. The third-order valence-corrected chi connectivity index (χ3v) is 4.86. The largest absolute Gasteiger partial charge is 0.399 e. The molecule has 2 unspecified atom stereocenters. The molecule has 1 amide bonds. The average molecular weight is 291 g/mol. The molecule has 0 saturated carbocycles. The number of nitrogens with zero attached hydrogens (tertiary/aromatic N) is 2. The summed E-state index contributed by atoms with van der Waals surface area (Å²) in [5, 5.41) is 0. The Balaban J connectivity index is 1.74. The summed E-state index contributed by atoms with van der Waals surface area (Å²) in [6.07, 6.45) is 3.31. The van der Waals surface area contributed by atoms with Crippen LogP contribution in [-0.2, 0) is 0 Å². The number of carbonyl (C=O) groups excluding carboxylic acids is 1. The second kappa shape index (κ2) is 5.64. The van der Waals surface area contributed by atoms with E-state index in [-0.39, 0.29) is 11.5 Å². The molecule has 1 aromatic carbocycles. The molecule has 21 heavy (non-hydrogen) atoms. The van der Waals surface area contributed by atoms with E-state index < -0.39 is 5.82 Å². The minimum atomic E-state index is -0.525. The van der Waals surface area contributed by atoms with Crippen molar-refractivity contribution in [2.24, 2.45) is 5.92 Å². The van der Waals surface area contributed by atoms with Gasteiger partial charge in [-0.3, -0.25) is 4.79 Å². The van der Waals surface area contributed by atoms with Crippen LogP contribution in [0.15, 0.2) is 18.2 Å². The predicted octanol–water partition coefficient (Wildman–Crippen LogP) is 1.96. The van der Waals surface area contributed by atoms with Crippen molar-refractivity contribution < 1.29 is 9.18 Å². The first-order valence-electron chi connectivity index (χ1n) is 7.61. The summed E-state index contributed by atoms with van der Waals surface area (Å²) in [5.74, 6) is -0.222. The smallest absolute Gasteiger partial charge is 0.256 e. The molecule has 5 heteroatoms. The summed E-state index contributed by atoms with van der Waals surface area (Å²) in [7, 11) is 2.16. The van der Waals surface area contributed by atoms with Gasteiger partial charge in [0.2, 0.25) is 0 Å². The summed E-state index contributed by atoms with van der Waals surface area (Å²) in [5.41, 5.74) is 6.01. The van der Waals surface area contributed by atoms with Crippen LogP contribution in [0.25, 0.3) is 0 Å². The number of nitrogens with two attached hydrogens (primary N) is 1. The van der Waals surface area contributed by atoms with E-state index in [4.69, 9.17) is 5.73 Å². The van der Waals surface area contributed by atoms with Gasteiger partial charge < -0.3 is 15.5 Å². The SMILES string of the molecule is CN1CCCC2CN(C(=O)c3ccc(N)cc3F)CCC21. The molecule has 0 bridgehead atoms. The normalized spacial score (nSPS) is 26.5. The second-order valence-electron chi connectivity index (χ2n) is 6.23. The molecule has 2 aliphatic rings. The molecular weight excluding hydrogens is 269 g/mol. The molecule has 0 aliphatic carbocycles. The molecule has 114 valence electrons. The maximum atomic E-state index is 13.9. The molecule has 1 aromatic rings. The van der Waals surface area contributed by atoms with E-state index in [2.05, 4.69) is 11.9 Å². The van der Waals surface area contributed by atoms with Crippen LogP contribution in [-0.4, -0.2) is 48.4 Å². The van der Waals surface area contributed by atoms with Gasteiger partial charge in [-0.05, 0) is 57.0 Å². The van der Waals surface area contributed by atoms with Gasteiger partial charge >= 0.3 is 0 Å². The molecule has 4 nitrogen and oxygen atoms in total. The van der Waals surface area contributed by atoms with Gasteiger partial charge in [0.1, 0.15) is 5.82 Å². The van der Waals surface area contributed by atoms with E-state index in [1.54, 1.807) is 11.0 Å². The molecule has 0 spiro atoms. The number of hydrogen-bond acceptors (Lipinski definition) is 3. The lowest BCUT2D eigenvalue weighted by Gasteiger charge is -2.46. The molecule has 2 aliphatic heterocycles. The number of likely N-dealkylation sites (tertiary alicyclic amines) is 2. The third kappa shape index (κ3) is 2.75. The van der Waals surface area contributed by atoms with Crippen LogP contribution in [0.2, 0.25) is 0 Å². The van der Waals surface area contributed by atoms with Gasteiger partial charge in [0.05, 0.1) is 5.56 Å². The highest BCUT2D eigenvalue weighted by atomic mass is 19.1. The molecule has 3 rings (SSSR count). The van der Waals surface area contributed by atoms with E-state index in [0.29, 0.717) is 24.2 Å². The van der Waals surface area contributed by atoms with Gasteiger partial charge in [0.25, 0.3) is 5.91 Å². The van der Waals surface area contributed by atoms with Crippen molar-refractivity contribution in [3.8, 4) is 0 Å². The van der Waals surface area contributed by atoms with Crippen molar-refractivity contribution in [1.82, 2.24) is 9.80 Å². The Labute approximate surface area is 124 Å². The Bertz CT molecular complexity index is 548. The summed E-state index contributed by atoms with van der Waals surface area (Å²) >= 11 is 0. The molecule has 2 fully saturated rings. The minimum Gasteiger partial charge on any atom is -0.399 e. The van der Waals surface area contributed by atoms with Crippen molar-refractivity contribution >= 4 is 11.6 Å². The zero-order valence-corrected chi connectivity index (χ0v) is 12.4. The number of nitrogen functional groups attached to an aromatic ring is 1. The molecule has 0 aromatic heterocycles. The van der Waals surface area contributed by atoms with Gasteiger partial charge in [0.15, 0.2) is 0 Å². The number of fused-ring (bicyclic) bond motifs is 1. The monoisotopic (exact) mass is 291 g/mol. The van der Waals surface area contributed by atoms with Crippen LogP contribution >= 0.6 is 0 Å². The van der Waals surface area contributed by atoms with Gasteiger partial charge in [-0.1, -0.05) is 0 Å². The second-order valence-corrected chi connectivity index (χ2v) is 6.23. The summed E-state index contributed by atoms with van der Waals surface area (Å²) in [4.78, 5) is 16.7. The van der Waals surface area contributed by atoms with Gasteiger partial charge in [-0.2, -0.15) is 0 Å². The number of halogens is 1. The highest BCUT2D eigenvalue weighted by Gasteiger charge is 2.36. The van der Waals surface area contributed by atoms with E-state index in [1.807, 2.05) is 0 Å². The van der Waals surface area contributed by atoms with Crippen LogP contribution in [0, 0.1) is 11.7 Å². The Kier molecular flexibility index (Phi) is 3.85. The van der Waals surface area contributed by atoms with Crippen LogP contribution in [0.5, 0.6) is 0 Å². The maximum absolute atomic E-state index is 13.9. The number of piperidine rings is 2. The summed E-state index contributed by atoms with van der Waals surface area (Å²) in [6, 6.07) is 4.86. The zero-order chi connectivity index (χ0) is 15.0. The van der Waals surface area contributed by atoms with Crippen molar-refractivity contribution in [2.45, 2.75) is 25.3 Å². The number of benzene rings is 1. The van der Waals surface area contributed by atoms with Crippen molar-refractivity contribution in [3.63, 3.8) is 0 Å². The van der Waals surface area contributed by atoms with Crippen molar-refractivity contribution in [3.05, 3.63) is 29.6 Å². The lowest BCUT2D eigenvalue weighted by atomic mass is 9.84. The highest BCUT2D eigenvalue weighted by molar-refractivity contribution is 5.94. The molecule has 0 radical (unpaired) electrons. The number of rotatable bonds is 1. The average Bonchev–Trinajstić information content (AvgIpc) is 2.46. The molecule has 2 saturated heterocycles. The lowest BCUT2D eigenvalue weighted by Crippen LogP contribution is -2.54. The Morgan fingerprint density at radius 1 is 1.33 bits per heavy atom. The molecule has 2 heterocycles. The first kappa shape index (κ1) is 14.3. The number of carbonyl (C=O) groups is 1. The fraction of sp³-hybridized carbons (Fsp3) is 0.562. The number of amides is 1. The highest BCUT2D eigenvalue weighted by Crippen LogP contribution is 2.30. The van der Waals surface area contributed by atoms with Crippen molar-refractivity contribution in [1.29, 1.82) is 0 Å². The van der Waals surface area contributed by atoms with Crippen LogP contribution in [0.1, 0.15) is 29.6 Å². The van der Waals surface area contributed by atoms with E-state index in [9.17, 15) is 9.18 Å².